The molecule has 1 saturated carbocycles. The maximum atomic E-state index is 12.5. The highest BCUT2D eigenvalue weighted by Gasteiger charge is 2.20. The van der Waals surface area contributed by atoms with Crippen LogP contribution in [-0.4, -0.2) is 58.2 Å². The number of pyridine rings is 1. The fraction of sp³-hybridized carbons (Fsp3) is 0.632. The summed E-state index contributed by atoms with van der Waals surface area (Å²) in [4.78, 5) is 19.0. The molecule has 7 heteroatoms. The fourth-order valence-electron chi connectivity index (χ4n) is 4.06. The van der Waals surface area contributed by atoms with Crippen LogP contribution >= 0.6 is 0 Å². The van der Waals surface area contributed by atoms with Crippen molar-refractivity contribution in [1.29, 1.82) is 0 Å². The molecule has 2 aromatic heterocycles. The molecule has 3 N–H and O–H groups in total. The highest BCUT2D eigenvalue weighted by Crippen LogP contribution is 2.27. The van der Waals surface area contributed by atoms with Crippen LogP contribution in [0.2, 0.25) is 0 Å². The van der Waals surface area contributed by atoms with E-state index in [1.807, 2.05) is 17.2 Å². The molecule has 0 atom stereocenters. The molecular weight excluding hydrogens is 328 g/mol. The van der Waals surface area contributed by atoms with Gasteiger partial charge in [-0.2, -0.15) is 5.10 Å². The van der Waals surface area contributed by atoms with Gasteiger partial charge in [0, 0.05) is 50.5 Å². The number of carbonyl (C=O) groups excluding carboxylic acids is 1. The Morgan fingerprint density at radius 2 is 2.04 bits per heavy atom. The van der Waals surface area contributed by atoms with E-state index in [0.29, 0.717) is 18.9 Å². The Bertz CT molecular complexity index is 746. The molecule has 2 fully saturated rings. The minimum atomic E-state index is 0.222. The molecule has 0 aromatic carbocycles. The van der Waals surface area contributed by atoms with E-state index in [1.165, 1.54) is 32.1 Å². The number of aromatic amines is 1. The second-order valence-corrected chi connectivity index (χ2v) is 7.37. The summed E-state index contributed by atoms with van der Waals surface area (Å²) in [7, 11) is 0. The van der Waals surface area contributed by atoms with Gasteiger partial charge in [-0.3, -0.25) is 9.89 Å². The number of piperazine rings is 1. The third-order valence-corrected chi connectivity index (χ3v) is 5.55. The third kappa shape index (κ3) is 3.82. The van der Waals surface area contributed by atoms with E-state index in [-0.39, 0.29) is 5.91 Å². The monoisotopic (exact) mass is 356 g/mol. The number of aromatic nitrogens is 3. The summed E-state index contributed by atoms with van der Waals surface area (Å²) in [6.07, 6.45) is 9.29. The molecule has 140 valence electrons. The lowest BCUT2D eigenvalue weighted by Crippen LogP contribution is -2.46. The Labute approximate surface area is 153 Å². The number of carbonyl (C=O) groups is 1. The molecule has 1 saturated heterocycles. The Morgan fingerprint density at radius 3 is 2.85 bits per heavy atom. The topological polar surface area (TPSA) is 85.9 Å². The first-order valence-electron chi connectivity index (χ1n) is 9.88. The molecule has 2 aromatic rings. The molecule has 7 nitrogen and oxygen atoms in total. The maximum absolute atomic E-state index is 12.5. The van der Waals surface area contributed by atoms with Gasteiger partial charge in [0.15, 0.2) is 0 Å². The first-order valence-corrected chi connectivity index (χ1v) is 9.88. The van der Waals surface area contributed by atoms with E-state index in [9.17, 15) is 4.79 Å². The summed E-state index contributed by atoms with van der Waals surface area (Å²) in [5.74, 6) is 1.13. The number of rotatable bonds is 5. The molecule has 2 aliphatic rings. The summed E-state index contributed by atoms with van der Waals surface area (Å²) < 4.78 is 0. The van der Waals surface area contributed by atoms with E-state index in [2.05, 4.69) is 25.8 Å². The minimum Gasteiger partial charge on any atom is -0.367 e. The molecule has 3 heterocycles. The van der Waals surface area contributed by atoms with Gasteiger partial charge in [0.2, 0.25) is 5.91 Å². The average molecular weight is 356 g/mol. The van der Waals surface area contributed by atoms with Crippen LogP contribution < -0.4 is 10.6 Å². The number of amides is 1. The molecule has 0 unspecified atom stereocenters. The number of nitrogens with one attached hydrogen (secondary N) is 3. The predicted molar refractivity (Wildman–Crippen MR) is 102 cm³/mol. The quantitative estimate of drug-likeness (QED) is 0.763. The number of fused-ring (bicyclic) bond motifs is 1. The minimum absolute atomic E-state index is 0.222. The standard InChI is InChI=1S/C19H28N6O/c26-17(25-12-10-20-11-13-25)7-6-15-18-16(24-23-15)8-9-21-19(18)22-14-4-2-1-3-5-14/h8-9,14,20H,1-7,10-13H2,(H,21,22)(H,23,24). The van der Waals surface area contributed by atoms with Crippen molar-refractivity contribution in [2.75, 3.05) is 31.5 Å². The first-order chi connectivity index (χ1) is 12.8. The smallest absolute Gasteiger partial charge is 0.223 e. The van der Waals surface area contributed by atoms with Gasteiger partial charge in [-0.25, -0.2) is 4.98 Å². The lowest BCUT2D eigenvalue weighted by Gasteiger charge is -2.27. The van der Waals surface area contributed by atoms with Gasteiger partial charge in [-0.15, -0.1) is 0 Å². The molecule has 1 aliphatic heterocycles. The summed E-state index contributed by atoms with van der Waals surface area (Å²) in [6, 6.07) is 2.42. The third-order valence-electron chi connectivity index (χ3n) is 5.55. The van der Waals surface area contributed by atoms with Gasteiger partial charge >= 0.3 is 0 Å². The Hall–Kier alpha value is -2.15. The predicted octanol–water partition coefficient (Wildman–Crippen LogP) is 2.07. The molecule has 4 rings (SSSR count). The van der Waals surface area contributed by atoms with Crippen LogP contribution in [0.3, 0.4) is 0 Å². The van der Waals surface area contributed by atoms with Crippen LogP contribution in [0.25, 0.3) is 10.9 Å². The van der Waals surface area contributed by atoms with Crippen LogP contribution in [0.5, 0.6) is 0 Å². The molecule has 1 amide bonds. The van der Waals surface area contributed by atoms with Crippen molar-refractivity contribution >= 4 is 22.6 Å². The van der Waals surface area contributed by atoms with Crippen molar-refractivity contribution in [3.63, 3.8) is 0 Å². The van der Waals surface area contributed by atoms with E-state index in [1.54, 1.807) is 0 Å². The Kier molecular flexibility index (Phi) is 5.34. The van der Waals surface area contributed by atoms with Crippen LogP contribution in [0.15, 0.2) is 12.3 Å². The van der Waals surface area contributed by atoms with Crippen molar-refractivity contribution in [2.45, 2.75) is 51.0 Å². The van der Waals surface area contributed by atoms with Crippen LogP contribution in [-0.2, 0) is 11.2 Å². The first kappa shape index (κ1) is 17.3. The molecule has 0 spiro atoms. The molecule has 0 radical (unpaired) electrons. The Morgan fingerprint density at radius 1 is 1.23 bits per heavy atom. The van der Waals surface area contributed by atoms with E-state index >= 15 is 0 Å². The van der Waals surface area contributed by atoms with Crippen molar-refractivity contribution in [3.8, 4) is 0 Å². The summed E-state index contributed by atoms with van der Waals surface area (Å²) in [6.45, 7) is 3.38. The van der Waals surface area contributed by atoms with Crippen molar-refractivity contribution < 1.29 is 4.79 Å². The highest BCUT2D eigenvalue weighted by atomic mass is 16.2. The second-order valence-electron chi connectivity index (χ2n) is 7.37. The normalized spacial score (nSPS) is 19.0. The lowest BCUT2D eigenvalue weighted by atomic mass is 9.95. The SMILES string of the molecule is O=C(CCc1[nH]nc2ccnc(NC3CCCCC3)c12)N1CCNCC1. The second kappa shape index (κ2) is 8.03. The molecular formula is C19H28N6O. The number of H-pyrrole nitrogens is 1. The van der Waals surface area contributed by atoms with Gasteiger partial charge in [-0.05, 0) is 25.3 Å². The maximum Gasteiger partial charge on any atom is 0.223 e. The summed E-state index contributed by atoms with van der Waals surface area (Å²) in [5.41, 5.74) is 1.93. The summed E-state index contributed by atoms with van der Waals surface area (Å²) in [5, 5.41) is 15.5. The number of aryl methyl sites for hydroxylation is 1. The van der Waals surface area contributed by atoms with Crippen LogP contribution in [0.1, 0.15) is 44.2 Å². The fourth-order valence-corrected chi connectivity index (χ4v) is 4.06. The largest absolute Gasteiger partial charge is 0.367 e. The van der Waals surface area contributed by atoms with Crippen molar-refractivity contribution in [1.82, 2.24) is 25.4 Å². The number of hydrogen-bond donors (Lipinski definition) is 3. The highest BCUT2D eigenvalue weighted by molar-refractivity contribution is 5.92. The van der Waals surface area contributed by atoms with E-state index in [4.69, 9.17) is 0 Å². The van der Waals surface area contributed by atoms with Crippen molar-refractivity contribution in [2.24, 2.45) is 0 Å². The summed E-state index contributed by atoms with van der Waals surface area (Å²) >= 11 is 0. The van der Waals surface area contributed by atoms with Crippen LogP contribution in [0, 0.1) is 0 Å². The Balaban J connectivity index is 1.47. The van der Waals surface area contributed by atoms with Gasteiger partial charge in [0.25, 0.3) is 0 Å². The van der Waals surface area contributed by atoms with Gasteiger partial charge in [-0.1, -0.05) is 19.3 Å². The zero-order valence-corrected chi connectivity index (χ0v) is 15.3. The van der Waals surface area contributed by atoms with Gasteiger partial charge < -0.3 is 15.5 Å². The van der Waals surface area contributed by atoms with Crippen LogP contribution in [0.4, 0.5) is 5.82 Å². The number of nitrogens with zero attached hydrogens (tertiary/aromatic N) is 3. The molecule has 0 bridgehead atoms. The molecule has 26 heavy (non-hydrogen) atoms. The van der Waals surface area contributed by atoms with Gasteiger partial charge in [0.05, 0.1) is 10.9 Å². The van der Waals surface area contributed by atoms with E-state index < -0.39 is 0 Å². The zero-order chi connectivity index (χ0) is 17.8. The number of hydrogen-bond acceptors (Lipinski definition) is 5. The van der Waals surface area contributed by atoms with Gasteiger partial charge in [0.1, 0.15) is 5.82 Å². The lowest BCUT2D eigenvalue weighted by molar-refractivity contribution is -0.131. The number of anilines is 1. The van der Waals surface area contributed by atoms with Crippen molar-refractivity contribution in [3.05, 3.63) is 18.0 Å². The van der Waals surface area contributed by atoms with E-state index in [0.717, 1.165) is 48.6 Å². The zero-order valence-electron chi connectivity index (χ0n) is 15.3. The molecule has 1 aliphatic carbocycles. The average Bonchev–Trinajstić information content (AvgIpc) is 3.12.